The molecule has 6 heteroatoms. The van der Waals surface area contributed by atoms with Crippen LogP contribution in [0.2, 0.25) is 0 Å². The van der Waals surface area contributed by atoms with Crippen LogP contribution < -0.4 is 5.73 Å². The zero-order chi connectivity index (χ0) is 14.7. The van der Waals surface area contributed by atoms with Crippen LogP contribution in [-0.2, 0) is 6.54 Å². The molecule has 1 aromatic carbocycles. The van der Waals surface area contributed by atoms with Crippen LogP contribution in [0, 0.1) is 18.3 Å². The summed E-state index contributed by atoms with van der Waals surface area (Å²) >= 11 is 0. The van der Waals surface area contributed by atoms with Gasteiger partial charge in [-0.15, -0.1) is 0 Å². The van der Waals surface area contributed by atoms with Crippen LogP contribution >= 0.6 is 0 Å². The number of nitrogens with two attached hydrogens (primary N) is 1. The van der Waals surface area contributed by atoms with Crippen molar-refractivity contribution in [3.8, 4) is 6.07 Å². The highest BCUT2D eigenvalue weighted by atomic mass is 16.2. The van der Waals surface area contributed by atoms with Crippen LogP contribution in [-0.4, -0.2) is 28.1 Å². The number of rotatable bonds is 3. The number of carbonyl (C=O) groups excluding carboxylic acids is 1. The molecule has 0 saturated heterocycles. The van der Waals surface area contributed by atoms with Crippen molar-refractivity contribution in [2.75, 3.05) is 12.8 Å². The van der Waals surface area contributed by atoms with Crippen molar-refractivity contribution in [1.82, 2.24) is 15.1 Å². The summed E-state index contributed by atoms with van der Waals surface area (Å²) in [5.41, 5.74) is 8.62. The molecule has 1 aromatic heterocycles. The zero-order valence-electron chi connectivity index (χ0n) is 11.3. The van der Waals surface area contributed by atoms with Gasteiger partial charge in [0.15, 0.2) is 5.69 Å². The van der Waals surface area contributed by atoms with Crippen LogP contribution in [0.25, 0.3) is 0 Å². The Morgan fingerprint density at radius 1 is 1.45 bits per heavy atom. The maximum Gasteiger partial charge on any atom is 0.276 e. The molecule has 0 radical (unpaired) electrons. The monoisotopic (exact) mass is 269 g/mol. The number of amides is 1. The predicted molar refractivity (Wildman–Crippen MR) is 74.7 cm³/mol. The van der Waals surface area contributed by atoms with Gasteiger partial charge in [-0.05, 0) is 24.6 Å². The lowest BCUT2D eigenvalue weighted by Gasteiger charge is -2.16. The summed E-state index contributed by atoms with van der Waals surface area (Å²) in [5.74, 6) is -0.240. The molecule has 0 aliphatic carbocycles. The Bertz CT molecular complexity index is 666. The molecular formula is C14H15N5O. The van der Waals surface area contributed by atoms with Gasteiger partial charge in [-0.3, -0.25) is 9.89 Å². The van der Waals surface area contributed by atoms with E-state index >= 15 is 0 Å². The van der Waals surface area contributed by atoms with Gasteiger partial charge in [0.1, 0.15) is 0 Å². The van der Waals surface area contributed by atoms with E-state index in [4.69, 9.17) is 11.0 Å². The number of H-pyrrole nitrogens is 1. The van der Waals surface area contributed by atoms with E-state index in [0.29, 0.717) is 23.5 Å². The maximum absolute atomic E-state index is 12.2. The molecule has 0 bridgehead atoms. The number of hydrogen-bond acceptors (Lipinski definition) is 4. The van der Waals surface area contributed by atoms with Gasteiger partial charge in [0.25, 0.3) is 5.91 Å². The van der Waals surface area contributed by atoms with Crippen molar-refractivity contribution in [3.05, 3.63) is 46.8 Å². The highest BCUT2D eigenvalue weighted by Gasteiger charge is 2.19. The molecule has 1 amide bonds. The molecule has 2 rings (SSSR count). The summed E-state index contributed by atoms with van der Waals surface area (Å²) in [5, 5.41) is 15.4. The van der Waals surface area contributed by atoms with Crippen molar-refractivity contribution in [3.63, 3.8) is 0 Å². The van der Waals surface area contributed by atoms with E-state index < -0.39 is 0 Å². The number of aromatic nitrogens is 2. The molecule has 102 valence electrons. The van der Waals surface area contributed by atoms with Crippen molar-refractivity contribution in [1.29, 1.82) is 5.26 Å². The highest BCUT2D eigenvalue weighted by molar-refractivity contribution is 5.97. The number of aromatic amines is 1. The van der Waals surface area contributed by atoms with Gasteiger partial charge >= 0.3 is 0 Å². The second-order valence-corrected chi connectivity index (χ2v) is 4.58. The molecule has 2 aromatic rings. The molecule has 3 N–H and O–H groups in total. The molecule has 0 saturated carbocycles. The average Bonchev–Trinajstić information content (AvgIpc) is 2.79. The minimum absolute atomic E-state index is 0.235. The third kappa shape index (κ3) is 2.62. The van der Waals surface area contributed by atoms with Gasteiger partial charge in [-0.1, -0.05) is 12.1 Å². The molecule has 1 heterocycles. The minimum atomic E-state index is -0.240. The summed E-state index contributed by atoms with van der Waals surface area (Å²) < 4.78 is 0. The van der Waals surface area contributed by atoms with Crippen LogP contribution in [0.4, 0.5) is 5.69 Å². The van der Waals surface area contributed by atoms with Crippen molar-refractivity contribution in [2.45, 2.75) is 13.5 Å². The van der Waals surface area contributed by atoms with Gasteiger partial charge in [0.05, 0.1) is 23.0 Å². The second-order valence-electron chi connectivity index (χ2n) is 4.58. The fourth-order valence-electron chi connectivity index (χ4n) is 1.81. The van der Waals surface area contributed by atoms with E-state index in [0.717, 1.165) is 5.56 Å². The Kier molecular flexibility index (Phi) is 3.71. The Morgan fingerprint density at radius 3 is 2.60 bits per heavy atom. The smallest absolute Gasteiger partial charge is 0.276 e. The van der Waals surface area contributed by atoms with Gasteiger partial charge in [-0.25, -0.2) is 0 Å². The first-order valence-electron chi connectivity index (χ1n) is 6.08. The van der Waals surface area contributed by atoms with Gasteiger partial charge in [0, 0.05) is 13.6 Å². The predicted octanol–water partition coefficient (Wildman–Crippen LogP) is 1.44. The lowest BCUT2D eigenvalue weighted by molar-refractivity contribution is 0.0780. The van der Waals surface area contributed by atoms with Gasteiger partial charge in [0.2, 0.25) is 0 Å². The second kappa shape index (κ2) is 5.45. The fraction of sp³-hybridized carbons (Fsp3) is 0.214. The Hall–Kier alpha value is -2.81. The SMILES string of the molecule is Cc1[nH]nc(C(=O)N(C)Cc2ccc(C#N)cc2)c1N. The third-order valence-corrected chi connectivity index (χ3v) is 3.05. The lowest BCUT2D eigenvalue weighted by Crippen LogP contribution is -2.27. The number of nitrogens with zero attached hydrogens (tertiary/aromatic N) is 3. The first kappa shape index (κ1) is 13.6. The van der Waals surface area contributed by atoms with E-state index in [9.17, 15) is 4.79 Å². The van der Waals surface area contributed by atoms with E-state index in [-0.39, 0.29) is 11.6 Å². The van der Waals surface area contributed by atoms with E-state index in [1.54, 1.807) is 26.1 Å². The van der Waals surface area contributed by atoms with Crippen LogP contribution in [0.3, 0.4) is 0 Å². The topological polar surface area (TPSA) is 98.8 Å². The molecule has 0 spiro atoms. The number of benzene rings is 1. The number of nitriles is 1. The number of carbonyl (C=O) groups is 1. The number of aryl methyl sites for hydroxylation is 1. The Balaban J connectivity index is 2.11. The molecule has 0 aliphatic heterocycles. The van der Waals surface area contributed by atoms with Crippen molar-refractivity contribution >= 4 is 11.6 Å². The van der Waals surface area contributed by atoms with Crippen molar-refractivity contribution < 1.29 is 4.79 Å². The van der Waals surface area contributed by atoms with E-state index in [1.807, 2.05) is 12.1 Å². The molecule has 20 heavy (non-hydrogen) atoms. The molecule has 0 atom stereocenters. The Morgan fingerprint density at radius 2 is 2.10 bits per heavy atom. The first-order chi connectivity index (χ1) is 9.52. The lowest BCUT2D eigenvalue weighted by atomic mass is 10.1. The number of nitrogens with one attached hydrogen (secondary N) is 1. The quantitative estimate of drug-likeness (QED) is 0.880. The fourth-order valence-corrected chi connectivity index (χ4v) is 1.81. The van der Waals surface area contributed by atoms with Gasteiger partial charge in [-0.2, -0.15) is 10.4 Å². The van der Waals surface area contributed by atoms with Crippen molar-refractivity contribution in [2.24, 2.45) is 0 Å². The van der Waals surface area contributed by atoms with E-state index in [2.05, 4.69) is 16.3 Å². The summed E-state index contributed by atoms with van der Waals surface area (Å²) in [7, 11) is 1.68. The van der Waals surface area contributed by atoms with Crippen LogP contribution in [0.5, 0.6) is 0 Å². The average molecular weight is 269 g/mol. The van der Waals surface area contributed by atoms with E-state index in [1.165, 1.54) is 4.90 Å². The largest absolute Gasteiger partial charge is 0.395 e. The number of anilines is 1. The third-order valence-electron chi connectivity index (χ3n) is 3.05. The molecule has 0 unspecified atom stereocenters. The standard InChI is InChI=1S/C14H15N5O/c1-9-12(16)13(18-17-9)14(20)19(2)8-11-5-3-10(7-15)4-6-11/h3-6H,8,16H2,1-2H3,(H,17,18). The normalized spacial score (nSPS) is 10.1. The minimum Gasteiger partial charge on any atom is -0.395 e. The molecule has 0 fully saturated rings. The molecular weight excluding hydrogens is 254 g/mol. The van der Waals surface area contributed by atoms with Crippen LogP contribution in [0.1, 0.15) is 27.3 Å². The maximum atomic E-state index is 12.2. The summed E-state index contributed by atoms with van der Waals surface area (Å²) in [6.45, 7) is 2.19. The first-order valence-corrected chi connectivity index (χ1v) is 6.08. The Labute approximate surface area is 116 Å². The van der Waals surface area contributed by atoms with Crippen LogP contribution in [0.15, 0.2) is 24.3 Å². The number of hydrogen-bond donors (Lipinski definition) is 2. The molecule has 6 nitrogen and oxygen atoms in total. The summed E-state index contributed by atoms with van der Waals surface area (Å²) in [6, 6.07) is 9.14. The summed E-state index contributed by atoms with van der Waals surface area (Å²) in [6.07, 6.45) is 0. The summed E-state index contributed by atoms with van der Waals surface area (Å²) in [4.78, 5) is 13.8. The zero-order valence-corrected chi connectivity index (χ0v) is 11.3. The highest BCUT2D eigenvalue weighted by Crippen LogP contribution is 2.15. The number of nitrogen functional groups attached to an aromatic ring is 1. The molecule has 0 aliphatic rings. The van der Waals surface area contributed by atoms with Gasteiger partial charge < -0.3 is 10.6 Å².